The molecule has 4 rings (SSSR count). The van der Waals surface area contributed by atoms with Crippen molar-refractivity contribution in [2.75, 3.05) is 13.7 Å². The summed E-state index contributed by atoms with van der Waals surface area (Å²) in [6.07, 6.45) is 9.12. The van der Waals surface area contributed by atoms with Gasteiger partial charge in [0, 0.05) is 5.41 Å². The normalized spacial score (nSPS) is 46.6. The summed E-state index contributed by atoms with van der Waals surface area (Å²) >= 11 is 0. The number of hydrogen-bond donors (Lipinski definition) is 0. The fourth-order valence-electron chi connectivity index (χ4n) is 6.66. The van der Waals surface area contributed by atoms with Crippen molar-refractivity contribution < 1.29 is 19.0 Å². The molecular formula is C22H34O4. The zero-order valence-electron chi connectivity index (χ0n) is 17.0. The van der Waals surface area contributed by atoms with Crippen LogP contribution in [0.15, 0.2) is 11.6 Å². The number of ether oxygens (including phenoxy) is 3. The average molecular weight is 363 g/mol. The first-order chi connectivity index (χ1) is 12.2. The van der Waals surface area contributed by atoms with Crippen LogP contribution < -0.4 is 0 Å². The van der Waals surface area contributed by atoms with Crippen LogP contribution in [-0.2, 0) is 19.0 Å². The third-order valence-corrected chi connectivity index (χ3v) is 7.95. The molecule has 146 valence electrons. The third kappa shape index (κ3) is 2.75. The van der Waals surface area contributed by atoms with Crippen LogP contribution in [0.3, 0.4) is 0 Å². The Labute approximate surface area is 157 Å². The monoisotopic (exact) mass is 362 g/mol. The van der Waals surface area contributed by atoms with Gasteiger partial charge in [0.25, 0.3) is 0 Å². The van der Waals surface area contributed by atoms with Gasteiger partial charge < -0.3 is 14.2 Å². The SMILES string of the molecule is COC(=O)C[C@@H]1C=C2[C@@H](CC[C@H]3[C@]4(C)COC(C)(C)O[C@@H]4CC[C@]23C)C1. The highest BCUT2D eigenvalue weighted by atomic mass is 16.7. The predicted molar refractivity (Wildman–Crippen MR) is 99.4 cm³/mol. The smallest absolute Gasteiger partial charge is 0.306 e. The van der Waals surface area contributed by atoms with E-state index in [1.807, 2.05) is 13.8 Å². The van der Waals surface area contributed by atoms with Crippen molar-refractivity contribution in [3.05, 3.63) is 11.6 Å². The van der Waals surface area contributed by atoms with E-state index in [2.05, 4.69) is 19.9 Å². The van der Waals surface area contributed by atoms with Crippen LogP contribution in [0.4, 0.5) is 0 Å². The van der Waals surface area contributed by atoms with Gasteiger partial charge in [0.15, 0.2) is 5.79 Å². The van der Waals surface area contributed by atoms with E-state index in [1.54, 1.807) is 5.57 Å². The van der Waals surface area contributed by atoms with Crippen LogP contribution >= 0.6 is 0 Å². The fourth-order valence-corrected chi connectivity index (χ4v) is 6.66. The van der Waals surface area contributed by atoms with Gasteiger partial charge >= 0.3 is 5.97 Å². The minimum atomic E-state index is -0.465. The molecule has 0 spiro atoms. The molecule has 4 nitrogen and oxygen atoms in total. The van der Waals surface area contributed by atoms with Crippen LogP contribution in [0, 0.1) is 28.6 Å². The van der Waals surface area contributed by atoms with Crippen molar-refractivity contribution >= 4 is 5.97 Å². The van der Waals surface area contributed by atoms with E-state index in [9.17, 15) is 4.79 Å². The maximum absolute atomic E-state index is 11.8. The Hall–Kier alpha value is -0.870. The molecule has 3 fully saturated rings. The van der Waals surface area contributed by atoms with Crippen molar-refractivity contribution in [2.24, 2.45) is 28.6 Å². The summed E-state index contributed by atoms with van der Waals surface area (Å²) in [6.45, 7) is 9.71. The zero-order chi connectivity index (χ0) is 18.7. The summed E-state index contributed by atoms with van der Waals surface area (Å²) < 4.78 is 17.4. The second-order valence-corrected chi connectivity index (χ2v) is 9.98. The second-order valence-electron chi connectivity index (χ2n) is 9.98. The first kappa shape index (κ1) is 18.5. The fraction of sp³-hybridized carbons (Fsp3) is 0.864. The van der Waals surface area contributed by atoms with E-state index in [4.69, 9.17) is 14.2 Å². The van der Waals surface area contributed by atoms with Gasteiger partial charge in [0.1, 0.15) is 0 Å². The second kappa shape index (κ2) is 6.07. The molecule has 1 heterocycles. The van der Waals surface area contributed by atoms with Crippen molar-refractivity contribution in [2.45, 2.75) is 78.1 Å². The summed E-state index contributed by atoms with van der Waals surface area (Å²) in [6, 6.07) is 0. The molecule has 4 heteroatoms. The molecule has 3 aliphatic carbocycles. The number of carbonyl (C=O) groups is 1. The first-order valence-corrected chi connectivity index (χ1v) is 10.3. The molecule has 0 N–H and O–H groups in total. The van der Waals surface area contributed by atoms with E-state index in [0.29, 0.717) is 24.2 Å². The Kier molecular flexibility index (Phi) is 4.31. The minimum Gasteiger partial charge on any atom is -0.469 e. The summed E-state index contributed by atoms with van der Waals surface area (Å²) in [7, 11) is 1.49. The standard InChI is InChI=1S/C22H34O4/c1-20(2)25-13-22(4)17-7-6-15-10-14(12-19(23)24-5)11-16(15)21(17,3)9-8-18(22)26-20/h11,14-15,17-18H,6-10,12-13H2,1-5H3/t14-,15-,17+,18+,21+,22-/m0/s1. The van der Waals surface area contributed by atoms with Gasteiger partial charge in [-0.3, -0.25) is 4.79 Å². The maximum Gasteiger partial charge on any atom is 0.306 e. The van der Waals surface area contributed by atoms with Crippen LogP contribution in [-0.4, -0.2) is 31.6 Å². The molecule has 4 aliphatic rings. The number of methoxy groups -OCH3 is 1. The van der Waals surface area contributed by atoms with Gasteiger partial charge in [-0.25, -0.2) is 0 Å². The minimum absolute atomic E-state index is 0.0781. The molecule has 0 aromatic rings. The van der Waals surface area contributed by atoms with Gasteiger partial charge in [-0.15, -0.1) is 0 Å². The maximum atomic E-state index is 11.8. The Morgan fingerprint density at radius 3 is 2.73 bits per heavy atom. The number of fused-ring (bicyclic) bond motifs is 5. The topological polar surface area (TPSA) is 44.8 Å². The Morgan fingerprint density at radius 1 is 1.23 bits per heavy atom. The molecule has 2 saturated carbocycles. The summed E-state index contributed by atoms with van der Waals surface area (Å²) in [5.41, 5.74) is 1.91. The van der Waals surface area contributed by atoms with Crippen LogP contribution in [0.2, 0.25) is 0 Å². The number of carbonyl (C=O) groups excluding carboxylic acids is 1. The molecule has 26 heavy (non-hydrogen) atoms. The average Bonchev–Trinajstić information content (AvgIpc) is 2.99. The van der Waals surface area contributed by atoms with E-state index < -0.39 is 5.79 Å². The molecule has 1 saturated heterocycles. The van der Waals surface area contributed by atoms with E-state index in [0.717, 1.165) is 19.4 Å². The van der Waals surface area contributed by atoms with Gasteiger partial charge in [-0.1, -0.05) is 25.5 Å². The van der Waals surface area contributed by atoms with E-state index in [1.165, 1.54) is 26.4 Å². The molecule has 0 aromatic heterocycles. The molecule has 0 bridgehead atoms. The molecule has 0 radical (unpaired) electrons. The highest BCUT2D eigenvalue weighted by molar-refractivity contribution is 5.70. The third-order valence-electron chi connectivity index (χ3n) is 7.95. The highest BCUT2D eigenvalue weighted by Crippen LogP contribution is 2.65. The van der Waals surface area contributed by atoms with Crippen molar-refractivity contribution in [1.82, 2.24) is 0 Å². The van der Waals surface area contributed by atoms with Crippen molar-refractivity contribution in [3.63, 3.8) is 0 Å². The van der Waals surface area contributed by atoms with Crippen LogP contribution in [0.1, 0.15) is 66.2 Å². The van der Waals surface area contributed by atoms with Crippen LogP contribution in [0.25, 0.3) is 0 Å². The van der Waals surface area contributed by atoms with Crippen molar-refractivity contribution in [3.8, 4) is 0 Å². The largest absolute Gasteiger partial charge is 0.469 e. The predicted octanol–water partition coefficient (Wildman–Crippen LogP) is 4.48. The lowest BCUT2D eigenvalue weighted by Gasteiger charge is -2.62. The molecular weight excluding hydrogens is 328 g/mol. The first-order valence-electron chi connectivity index (χ1n) is 10.3. The lowest BCUT2D eigenvalue weighted by atomic mass is 9.47. The van der Waals surface area contributed by atoms with Gasteiger partial charge in [-0.2, -0.15) is 0 Å². The summed E-state index contributed by atoms with van der Waals surface area (Å²) in [5, 5.41) is 0. The Balaban J connectivity index is 1.61. The molecule has 0 aromatic carbocycles. The van der Waals surface area contributed by atoms with Crippen LogP contribution in [0.5, 0.6) is 0 Å². The van der Waals surface area contributed by atoms with Gasteiger partial charge in [0.05, 0.1) is 26.2 Å². The number of allylic oxidation sites excluding steroid dienone is 2. The lowest BCUT2D eigenvalue weighted by molar-refractivity contribution is -0.340. The van der Waals surface area contributed by atoms with Gasteiger partial charge in [-0.05, 0) is 69.1 Å². The summed E-state index contributed by atoms with van der Waals surface area (Å²) in [5.74, 6) is 1.03. The van der Waals surface area contributed by atoms with E-state index in [-0.39, 0.29) is 22.9 Å². The molecule has 0 amide bonds. The summed E-state index contributed by atoms with van der Waals surface area (Å²) in [4.78, 5) is 11.8. The molecule has 1 aliphatic heterocycles. The lowest BCUT2D eigenvalue weighted by Crippen LogP contribution is -2.62. The molecule has 0 unspecified atom stereocenters. The quantitative estimate of drug-likeness (QED) is 0.537. The zero-order valence-corrected chi connectivity index (χ0v) is 17.0. The number of hydrogen-bond acceptors (Lipinski definition) is 4. The Morgan fingerprint density at radius 2 is 2.00 bits per heavy atom. The van der Waals surface area contributed by atoms with Crippen molar-refractivity contribution in [1.29, 1.82) is 0 Å². The molecule has 6 atom stereocenters. The Bertz CT molecular complexity index is 624. The number of esters is 1. The highest BCUT2D eigenvalue weighted by Gasteiger charge is 2.61. The number of rotatable bonds is 2. The van der Waals surface area contributed by atoms with Gasteiger partial charge in [0.2, 0.25) is 0 Å². The van der Waals surface area contributed by atoms with E-state index >= 15 is 0 Å².